The minimum atomic E-state index is 0.417. The Labute approximate surface area is 123 Å². The molecule has 112 valence electrons. The van der Waals surface area contributed by atoms with Gasteiger partial charge in [-0.3, -0.25) is 4.90 Å². The summed E-state index contributed by atoms with van der Waals surface area (Å²) in [5.41, 5.74) is 2.72. The predicted octanol–water partition coefficient (Wildman–Crippen LogP) is 2.76. The molecule has 0 radical (unpaired) electrons. The lowest BCUT2D eigenvalue weighted by Crippen LogP contribution is -2.35. The lowest BCUT2D eigenvalue weighted by atomic mass is 10.0. The van der Waals surface area contributed by atoms with Crippen LogP contribution in [0.25, 0.3) is 0 Å². The third kappa shape index (κ3) is 4.30. The first-order chi connectivity index (χ1) is 9.72. The molecule has 1 N–H and O–H groups in total. The Morgan fingerprint density at radius 1 is 1.35 bits per heavy atom. The first kappa shape index (κ1) is 15.5. The number of ether oxygens (including phenoxy) is 1. The highest BCUT2D eigenvalue weighted by atomic mass is 16.5. The van der Waals surface area contributed by atoms with Crippen LogP contribution < -0.4 is 5.32 Å². The average molecular weight is 276 g/mol. The third-order valence-electron chi connectivity index (χ3n) is 4.12. The molecule has 0 bridgehead atoms. The molecule has 1 aromatic rings. The Hall–Kier alpha value is -0.900. The standard InChI is InChI=1S/C17H28N2O/c1-4-10-18-17(15-7-5-14(2)6-8-15)13-19-11-9-16(12-19)20-3/h5-8,16-18H,4,9-13H2,1-3H3. The molecule has 20 heavy (non-hydrogen) atoms. The zero-order chi connectivity index (χ0) is 14.4. The van der Waals surface area contributed by atoms with Gasteiger partial charge in [0.2, 0.25) is 0 Å². The van der Waals surface area contributed by atoms with E-state index in [1.54, 1.807) is 0 Å². The van der Waals surface area contributed by atoms with Gasteiger partial charge < -0.3 is 10.1 Å². The molecule has 1 aliphatic rings. The van der Waals surface area contributed by atoms with E-state index in [0.29, 0.717) is 12.1 Å². The maximum atomic E-state index is 5.46. The number of benzene rings is 1. The lowest BCUT2D eigenvalue weighted by Gasteiger charge is -2.25. The van der Waals surface area contributed by atoms with Crippen LogP contribution in [0, 0.1) is 6.92 Å². The van der Waals surface area contributed by atoms with Gasteiger partial charge in [0.05, 0.1) is 6.10 Å². The average Bonchev–Trinajstić information content (AvgIpc) is 2.92. The Morgan fingerprint density at radius 3 is 2.70 bits per heavy atom. The van der Waals surface area contributed by atoms with Crippen LogP contribution >= 0.6 is 0 Å². The summed E-state index contributed by atoms with van der Waals surface area (Å²) in [4.78, 5) is 2.52. The van der Waals surface area contributed by atoms with Crippen LogP contribution in [0.5, 0.6) is 0 Å². The largest absolute Gasteiger partial charge is 0.380 e. The van der Waals surface area contributed by atoms with Crippen molar-refractivity contribution in [3.05, 3.63) is 35.4 Å². The summed E-state index contributed by atoms with van der Waals surface area (Å²) >= 11 is 0. The van der Waals surface area contributed by atoms with Gasteiger partial charge in [0, 0.05) is 32.8 Å². The van der Waals surface area contributed by atoms with Gasteiger partial charge in [0.1, 0.15) is 0 Å². The summed E-state index contributed by atoms with van der Waals surface area (Å²) in [5.74, 6) is 0. The number of nitrogens with one attached hydrogen (secondary N) is 1. The van der Waals surface area contributed by atoms with Crippen LogP contribution in [-0.4, -0.2) is 44.3 Å². The van der Waals surface area contributed by atoms with Gasteiger partial charge in [-0.15, -0.1) is 0 Å². The quantitative estimate of drug-likeness (QED) is 0.829. The molecule has 0 amide bonds. The van der Waals surface area contributed by atoms with Crippen molar-refractivity contribution in [1.82, 2.24) is 10.2 Å². The van der Waals surface area contributed by atoms with E-state index >= 15 is 0 Å². The first-order valence-electron chi connectivity index (χ1n) is 7.78. The maximum absolute atomic E-state index is 5.46. The van der Waals surface area contributed by atoms with E-state index in [-0.39, 0.29) is 0 Å². The van der Waals surface area contributed by atoms with E-state index in [4.69, 9.17) is 4.74 Å². The third-order valence-corrected chi connectivity index (χ3v) is 4.12. The highest BCUT2D eigenvalue weighted by Crippen LogP contribution is 2.19. The predicted molar refractivity (Wildman–Crippen MR) is 84.1 cm³/mol. The fourth-order valence-corrected chi connectivity index (χ4v) is 2.82. The van der Waals surface area contributed by atoms with Gasteiger partial charge in [-0.05, 0) is 31.9 Å². The molecule has 0 saturated carbocycles. The number of methoxy groups -OCH3 is 1. The summed E-state index contributed by atoms with van der Waals surface area (Å²) in [6.45, 7) is 8.71. The monoisotopic (exact) mass is 276 g/mol. The number of hydrogen-bond acceptors (Lipinski definition) is 3. The summed E-state index contributed by atoms with van der Waals surface area (Å²) in [6.07, 6.45) is 2.74. The molecule has 2 unspecified atom stereocenters. The molecule has 2 atom stereocenters. The molecule has 2 rings (SSSR count). The highest BCUT2D eigenvalue weighted by Gasteiger charge is 2.24. The minimum absolute atomic E-state index is 0.417. The van der Waals surface area contributed by atoms with E-state index in [1.807, 2.05) is 7.11 Å². The van der Waals surface area contributed by atoms with Gasteiger partial charge in [-0.2, -0.15) is 0 Å². The van der Waals surface area contributed by atoms with Crippen molar-refractivity contribution >= 4 is 0 Å². The minimum Gasteiger partial charge on any atom is -0.380 e. The summed E-state index contributed by atoms with van der Waals surface area (Å²) in [7, 11) is 1.82. The molecular formula is C17H28N2O. The maximum Gasteiger partial charge on any atom is 0.0710 e. The molecule has 3 heteroatoms. The zero-order valence-electron chi connectivity index (χ0n) is 13.1. The SMILES string of the molecule is CCCNC(CN1CCC(OC)C1)c1ccc(C)cc1. The highest BCUT2D eigenvalue weighted by molar-refractivity contribution is 5.24. The van der Waals surface area contributed by atoms with Gasteiger partial charge in [0.15, 0.2) is 0 Å². The molecule has 1 heterocycles. The van der Waals surface area contributed by atoms with Gasteiger partial charge in [-0.1, -0.05) is 36.8 Å². The topological polar surface area (TPSA) is 24.5 Å². The van der Waals surface area contributed by atoms with E-state index in [9.17, 15) is 0 Å². The summed E-state index contributed by atoms with van der Waals surface area (Å²) < 4.78 is 5.46. The molecule has 1 aromatic carbocycles. The van der Waals surface area contributed by atoms with Gasteiger partial charge in [-0.25, -0.2) is 0 Å². The molecule has 0 aliphatic carbocycles. The lowest BCUT2D eigenvalue weighted by molar-refractivity contribution is 0.106. The second-order valence-corrected chi connectivity index (χ2v) is 5.82. The number of nitrogens with zero attached hydrogens (tertiary/aromatic N) is 1. The molecule has 1 aliphatic heterocycles. The van der Waals surface area contributed by atoms with Crippen LogP contribution in [0.2, 0.25) is 0 Å². The molecular weight excluding hydrogens is 248 g/mol. The molecule has 1 saturated heterocycles. The van der Waals surface area contributed by atoms with Crippen molar-refractivity contribution in [2.45, 2.75) is 38.8 Å². The van der Waals surface area contributed by atoms with Crippen molar-refractivity contribution in [2.24, 2.45) is 0 Å². The smallest absolute Gasteiger partial charge is 0.0710 e. The van der Waals surface area contributed by atoms with Crippen molar-refractivity contribution in [1.29, 1.82) is 0 Å². The van der Waals surface area contributed by atoms with Crippen LogP contribution in [0.4, 0.5) is 0 Å². The Balaban J connectivity index is 1.98. The fraction of sp³-hybridized carbons (Fsp3) is 0.647. The van der Waals surface area contributed by atoms with Gasteiger partial charge in [0.25, 0.3) is 0 Å². The van der Waals surface area contributed by atoms with Crippen molar-refractivity contribution in [3.8, 4) is 0 Å². The summed E-state index contributed by atoms with van der Waals surface area (Å²) in [6, 6.07) is 9.35. The van der Waals surface area contributed by atoms with Crippen LogP contribution in [0.15, 0.2) is 24.3 Å². The summed E-state index contributed by atoms with van der Waals surface area (Å²) in [5, 5.41) is 3.68. The first-order valence-corrected chi connectivity index (χ1v) is 7.78. The number of aryl methyl sites for hydroxylation is 1. The Morgan fingerprint density at radius 2 is 2.10 bits per heavy atom. The van der Waals surface area contributed by atoms with E-state index in [2.05, 4.69) is 48.3 Å². The van der Waals surface area contributed by atoms with E-state index in [0.717, 1.165) is 32.6 Å². The van der Waals surface area contributed by atoms with Gasteiger partial charge >= 0.3 is 0 Å². The van der Waals surface area contributed by atoms with E-state index in [1.165, 1.54) is 17.5 Å². The number of likely N-dealkylation sites (tertiary alicyclic amines) is 1. The van der Waals surface area contributed by atoms with Crippen LogP contribution in [0.3, 0.4) is 0 Å². The number of rotatable bonds is 7. The van der Waals surface area contributed by atoms with Crippen LogP contribution in [0.1, 0.15) is 36.9 Å². The Bertz CT molecular complexity index is 390. The van der Waals surface area contributed by atoms with E-state index < -0.39 is 0 Å². The normalized spacial score (nSPS) is 21.2. The molecule has 0 spiro atoms. The van der Waals surface area contributed by atoms with Crippen molar-refractivity contribution in [3.63, 3.8) is 0 Å². The van der Waals surface area contributed by atoms with Crippen LogP contribution in [-0.2, 0) is 4.74 Å². The Kier molecular flexibility index (Phi) is 6.02. The van der Waals surface area contributed by atoms with Crippen molar-refractivity contribution < 1.29 is 4.74 Å². The fourth-order valence-electron chi connectivity index (χ4n) is 2.82. The van der Waals surface area contributed by atoms with Crippen molar-refractivity contribution in [2.75, 3.05) is 33.3 Å². The molecule has 1 fully saturated rings. The zero-order valence-corrected chi connectivity index (χ0v) is 13.1. The number of hydrogen-bond donors (Lipinski definition) is 1. The molecule has 0 aromatic heterocycles. The molecule has 3 nitrogen and oxygen atoms in total. The second-order valence-electron chi connectivity index (χ2n) is 5.82. The second kappa shape index (κ2) is 7.77.